The minimum atomic E-state index is -0.766. The molecule has 0 rings (SSSR count). The van der Waals surface area contributed by atoms with Gasteiger partial charge in [-0.1, -0.05) is 89.7 Å². The van der Waals surface area contributed by atoms with Crippen LogP contribution in [0.4, 0.5) is 0 Å². The molecular weight excluding hydrogens is 542 g/mol. The molecule has 0 heterocycles. The molecule has 0 aromatic carbocycles. The van der Waals surface area contributed by atoms with Crippen LogP contribution in [-0.4, -0.2) is 63.9 Å². The van der Waals surface area contributed by atoms with Crippen LogP contribution in [-0.2, 0) is 14.4 Å². The monoisotopic (exact) mass is 611 g/mol. The quantitative estimate of drug-likeness (QED) is 0.0380. The lowest BCUT2D eigenvalue weighted by atomic mass is 10.0. The van der Waals surface area contributed by atoms with Crippen LogP contribution in [0.2, 0.25) is 0 Å². The summed E-state index contributed by atoms with van der Waals surface area (Å²) in [4.78, 5) is 33.0. The van der Waals surface area contributed by atoms with Gasteiger partial charge < -0.3 is 19.8 Å². The van der Waals surface area contributed by atoms with E-state index >= 15 is 0 Å². The van der Waals surface area contributed by atoms with Crippen molar-refractivity contribution in [3.63, 3.8) is 0 Å². The van der Waals surface area contributed by atoms with Crippen LogP contribution >= 0.6 is 0 Å². The van der Waals surface area contributed by atoms with Crippen molar-refractivity contribution in [3.05, 3.63) is 12.2 Å². The fourth-order valence-corrected chi connectivity index (χ4v) is 6.07. The molecule has 0 aliphatic heterocycles. The minimum Gasteiger partial charge on any atom is -0.481 e. The Morgan fingerprint density at radius 2 is 0.698 bits per heavy atom. The fourth-order valence-electron chi connectivity index (χ4n) is 6.07. The van der Waals surface area contributed by atoms with E-state index in [1.54, 1.807) is 0 Å². The van der Waals surface area contributed by atoms with Gasteiger partial charge in [0.1, 0.15) is 0 Å². The van der Waals surface area contributed by atoms with Gasteiger partial charge in [0, 0.05) is 19.3 Å². The predicted octanol–water partition coefficient (Wildman–Crippen LogP) is 9.78. The molecule has 0 aromatic heterocycles. The molecule has 3 N–H and O–H groups in total. The number of aliphatic carboxylic acids is 3. The number of hydrogen-bond donors (Lipinski definition) is 3. The molecule has 0 saturated carbocycles. The topological polar surface area (TPSA) is 112 Å². The van der Waals surface area contributed by atoms with Crippen molar-refractivity contribution < 1.29 is 34.2 Å². The number of hydrogen-bond acceptors (Lipinski definition) is 3. The largest absolute Gasteiger partial charge is 0.481 e. The highest BCUT2D eigenvalue weighted by atomic mass is 16.4. The Labute approximate surface area is 264 Å². The van der Waals surface area contributed by atoms with Crippen LogP contribution in [0.1, 0.15) is 174 Å². The summed E-state index contributed by atoms with van der Waals surface area (Å²) < 4.78 is 0.869. The first-order valence-electron chi connectivity index (χ1n) is 18.0. The lowest BCUT2D eigenvalue weighted by molar-refractivity contribution is -0.929. The minimum absolute atomic E-state index is 0.175. The van der Waals surface area contributed by atoms with E-state index in [4.69, 9.17) is 15.3 Å². The highest BCUT2D eigenvalue weighted by Gasteiger charge is 2.26. The average Bonchev–Trinajstić information content (AvgIpc) is 2.96. The third kappa shape index (κ3) is 29.9. The van der Waals surface area contributed by atoms with Crippen molar-refractivity contribution in [2.75, 3.05) is 26.2 Å². The average molecular weight is 611 g/mol. The first-order chi connectivity index (χ1) is 20.8. The van der Waals surface area contributed by atoms with Crippen molar-refractivity contribution in [1.29, 1.82) is 0 Å². The summed E-state index contributed by atoms with van der Waals surface area (Å²) in [6.45, 7) is 5.94. The first kappa shape index (κ1) is 41.1. The van der Waals surface area contributed by atoms with Crippen LogP contribution in [0.25, 0.3) is 0 Å². The van der Waals surface area contributed by atoms with E-state index < -0.39 is 17.9 Å². The molecule has 0 aromatic rings. The molecule has 0 aliphatic rings. The third-order valence-electron chi connectivity index (χ3n) is 8.71. The van der Waals surface area contributed by atoms with Crippen LogP contribution in [0.3, 0.4) is 0 Å². The van der Waals surface area contributed by atoms with E-state index in [0.29, 0.717) is 19.3 Å². The molecule has 0 unspecified atom stereocenters. The number of rotatable bonds is 34. The fraction of sp³-hybridized carbons (Fsp3) is 0.861. The molecule has 0 aliphatic carbocycles. The Morgan fingerprint density at radius 3 is 1.02 bits per heavy atom. The van der Waals surface area contributed by atoms with Gasteiger partial charge in [0.05, 0.1) is 26.2 Å². The maximum atomic E-state index is 11.0. The van der Waals surface area contributed by atoms with Gasteiger partial charge in [-0.05, 0) is 77.0 Å². The van der Waals surface area contributed by atoms with Gasteiger partial charge in [0.25, 0.3) is 0 Å². The number of quaternary nitrogens is 1. The Hall–Kier alpha value is -1.89. The maximum absolute atomic E-state index is 11.0. The second-order valence-electron chi connectivity index (χ2n) is 12.8. The number of allylic oxidation sites excluding steroid dienone is 2. The lowest BCUT2D eigenvalue weighted by Crippen LogP contribution is -2.51. The third-order valence-corrected chi connectivity index (χ3v) is 8.71. The van der Waals surface area contributed by atoms with E-state index in [1.807, 2.05) is 0 Å². The number of carboxylic acid groups (broad SMARTS) is 3. The van der Waals surface area contributed by atoms with Crippen LogP contribution < -0.4 is 0 Å². The molecule has 0 radical (unpaired) electrons. The van der Waals surface area contributed by atoms with Gasteiger partial charge in [-0.3, -0.25) is 14.4 Å². The number of carbonyl (C=O) groups is 3. The van der Waals surface area contributed by atoms with Gasteiger partial charge >= 0.3 is 17.9 Å². The van der Waals surface area contributed by atoms with Crippen LogP contribution in [0.15, 0.2) is 12.2 Å². The number of nitrogens with zero attached hydrogens (tertiary/aromatic N) is 1. The van der Waals surface area contributed by atoms with E-state index in [1.165, 1.54) is 103 Å². The van der Waals surface area contributed by atoms with Crippen molar-refractivity contribution >= 4 is 17.9 Å². The second-order valence-corrected chi connectivity index (χ2v) is 12.8. The molecule has 0 saturated heterocycles. The molecular formula is C36H68NO6+. The molecule has 0 spiro atoms. The van der Waals surface area contributed by atoms with Crippen molar-refractivity contribution in [2.45, 2.75) is 174 Å². The zero-order chi connectivity index (χ0) is 31.9. The van der Waals surface area contributed by atoms with Crippen molar-refractivity contribution in [3.8, 4) is 0 Å². The summed E-state index contributed by atoms with van der Waals surface area (Å²) >= 11 is 0. The van der Waals surface area contributed by atoms with Crippen molar-refractivity contribution in [1.82, 2.24) is 0 Å². The molecule has 0 bridgehead atoms. The Bertz CT molecular complexity index is 653. The zero-order valence-electron chi connectivity index (χ0n) is 27.9. The van der Waals surface area contributed by atoms with E-state index in [9.17, 15) is 14.4 Å². The molecule has 0 fully saturated rings. The molecule has 7 nitrogen and oxygen atoms in total. The summed E-state index contributed by atoms with van der Waals surface area (Å²) in [5.41, 5.74) is 0. The summed E-state index contributed by atoms with van der Waals surface area (Å²) in [5.74, 6) is -2.30. The second kappa shape index (κ2) is 30.1. The highest BCUT2D eigenvalue weighted by molar-refractivity contribution is 5.67. The summed E-state index contributed by atoms with van der Waals surface area (Å²) in [6, 6.07) is 0. The molecule has 0 amide bonds. The smallest absolute Gasteiger partial charge is 0.303 e. The van der Waals surface area contributed by atoms with Crippen LogP contribution in [0.5, 0.6) is 0 Å². The summed E-state index contributed by atoms with van der Waals surface area (Å²) in [7, 11) is 0. The Balaban J connectivity index is 4.28. The van der Waals surface area contributed by atoms with E-state index in [-0.39, 0.29) is 19.3 Å². The normalized spacial score (nSPS) is 11.8. The Morgan fingerprint density at radius 1 is 0.419 bits per heavy atom. The molecule has 0 atom stereocenters. The Kier molecular flexibility index (Phi) is 28.8. The molecule has 43 heavy (non-hydrogen) atoms. The summed E-state index contributed by atoms with van der Waals surface area (Å²) in [6.07, 6.45) is 31.8. The van der Waals surface area contributed by atoms with Crippen LogP contribution in [0, 0.1) is 0 Å². The number of carboxylic acids is 3. The SMILES string of the molecule is CCCCC/C=C/CCCCCCCCCCCCCC[N+](CCCCC(=O)O)(CCCCC(=O)O)CCCCC(=O)O. The zero-order valence-corrected chi connectivity index (χ0v) is 27.9. The first-order valence-corrected chi connectivity index (χ1v) is 18.0. The molecule has 252 valence electrons. The maximum Gasteiger partial charge on any atom is 0.303 e. The number of unbranched alkanes of at least 4 members (excludes halogenated alkanes) is 18. The van der Waals surface area contributed by atoms with Gasteiger partial charge in [-0.25, -0.2) is 0 Å². The van der Waals surface area contributed by atoms with E-state index in [2.05, 4.69) is 19.1 Å². The van der Waals surface area contributed by atoms with Gasteiger partial charge in [0.15, 0.2) is 0 Å². The van der Waals surface area contributed by atoms with E-state index in [0.717, 1.165) is 56.3 Å². The standard InChI is InChI=1S/C36H67NO6/c1-2-3-4-5-6-7-8-9-10-11-12-13-14-15-16-17-18-19-23-30-37(31-24-20-27-34(38)39,32-25-21-28-35(40)41)33-26-22-29-36(42)43/h6-7H,2-5,8-33H2,1H3,(H2-,38,39,40,41,42,43)/p+1/b7-6+. The highest BCUT2D eigenvalue weighted by Crippen LogP contribution is 2.20. The van der Waals surface area contributed by atoms with Gasteiger partial charge in [-0.2, -0.15) is 0 Å². The predicted molar refractivity (Wildman–Crippen MR) is 177 cm³/mol. The summed E-state index contributed by atoms with van der Waals surface area (Å²) in [5, 5.41) is 27.2. The molecule has 7 heteroatoms. The van der Waals surface area contributed by atoms with Crippen molar-refractivity contribution in [2.24, 2.45) is 0 Å². The van der Waals surface area contributed by atoms with Gasteiger partial charge in [0.2, 0.25) is 0 Å². The van der Waals surface area contributed by atoms with Gasteiger partial charge in [-0.15, -0.1) is 0 Å². The lowest BCUT2D eigenvalue weighted by Gasteiger charge is -2.39.